The number of para-hydroxylation sites is 3. The van der Waals surface area contributed by atoms with Crippen LogP contribution < -0.4 is 14.8 Å². The van der Waals surface area contributed by atoms with E-state index in [9.17, 15) is 4.79 Å². The zero-order chi connectivity index (χ0) is 19.9. The van der Waals surface area contributed by atoms with Crippen molar-refractivity contribution in [2.45, 2.75) is 13.8 Å². The second-order valence-electron chi connectivity index (χ2n) is 6.41. The van der Waals surface area contributed by atoms with Gasteiger partial charge in [0.05, 0.1) is 12.8 Å². The predicted molar refractivity (Wildman–Crippen MR) is 113 cm³/mol. The van der Waals surface area contributed by atoms with Gasteiger partial charge in [-0.1, -0.05) is 30.3 Å². The number of ether oxygens (including phenoxy) is 2. The molecule has 0 unspecified atom stereocenters. The minimum Gasteiger partial charge on any atom is -0.497 e. The second kappa shape index (κ2) is 8.91. The minimum absolute atomic E-state index is 0.223. The largest absolute Gasteiger partial charge is 0.497 e. The monoisotopic (exact) mass is 373 g/mol. The molecule has 142 valence electrons. The third kappa shape index (κ3) is 4.80. The normalized spacial score (nSPS) is 10.7. The topological polar surface area (TPSA) is 47.6 Å². The Balaban J connectivity index is 1.75. The van der Waals surface area contributed by atoms with Crippen LogP contribution in [0.2, 0.25) is 0 Å². The summed E-state index contributed by atoms with van der Waals surface area (Å²) in [5.74, 6) is 1.89. The molecule has 0 bridgehead atoms. The average Bonchev–Trinajstić information content (AvgIpc) is 2.69. The first-order valence-electron chi connectivity index (χ1n) is 9.03. The van der Waals surface area contributed by atoms with Crippen LogP contribution in [0.1, 0.15) is 16.7 Å². The fourth-order valence-corrected chi connectivity index (χ4v) is 2.92. The molecule has 1 N–H and O–H groups in total. The molecule has 0 aliphatic heterocycles. The van der Waals surface area contributed by atoms with E-state index in [2.05, 4.69) is 5.32 Å². The molecule has 3 aromatic rings. The summed E-state index contributed by atoms with van der Waals surface area (Å²) >= 11 is 0. The summed E-state index contributed by atoms with van der Waals surface area (Å²) in [6, 6.07) is 20.7. The Labute approximate surface area is 165 Å². The number of methoxy groups -OCH3 is 1. The van der Waals surface area contributed by atoms with Crippen LogP contribution in [0.25, 0.3) is 6.08 Å². The summed E-state index contributed by atoms with van der Waals surface area (Å²) in [6.45, 7) is 3.99. The second-order valence-corrected chi connectivity index (χ2v) is 6.41. The number of hydrogen-bond acceptors (Lipinski definition) is 3. The van der Waals surface area contributed by atoms with E-state index in [0.29, 0.717) is 17.2 Å². The fraction of sp³-hybridized carbons (Fsp3) is 0.125. The van der Waals surface area contributed by atoms with Crippen LogP contribution in [0.3, 0.4) is 0 Å². The molecule has 0 fully saturated rings. The van der Waals surface area contributed by atoms with Gasteiger partial charge in [-0.2, -0.15) is 0 Å². The Morgan fingerprint density at radius 2 is 1.54 bits per heavy atom. The number of benzene rings is 3. The van der Waals surface area contributed by atoms with Crippen molar-refractivity contribution in [2.75, 3.05) is 12.4 Å². The lowest BCUT2D eigenvalue weighted by atomic mass is 10.0. The first-order chi connectivity index (χ1) is 13.6. The Kier molecular flexibility index (Phi) is 6.12. The van der Waals surface area contributed by atoms with Crippen molar-refractivity contribution < 1.29 is 14.3 Å². The quantitative estimate of drug-likeness (QED) is 0.559. The van der Waals surface area contributed by atoms with Gasteiger partial charge in [0, 0.05) is 6.08 Å². The highest BCUT2D eigenvalue weighted by molar-refractivity contribution is 6.03. The van der Waals surface area contributed by atoms with Gasteiger partial charge in [0.25, 0.3) is 0 Å². The molecular weight excluding hydrogens is 350 g/mol. The average molecular weight is 373 g/mol. The molecule has 0 aliphatic carbocycles. The number of nitrogens with one attached hydrogen (secondary N) is 1. The number of hydrogen-bond donors (Lipinski definition) is 1. The number of carbonyl (C=O) groups excluding carboxylic acids is 1. The Morgan fingerprint density at radius 3 is 2.21 bits per heavy atom. The molecule has 4 nitrogen and oxygen atoms in total. The highest BCUT2D eigenvalue weighted by atomic mass is 16.5. The number of carbonyl (C=O) groups is 1. The molecule has 4 heteroatoms. The lowest BCUT2D eigenvalue weighted by Gasteiger charge is -2.11. The van der Waals surface area contributed by atoms with E-state index < -0.39 is 0 Å². The molecule has 0 heterocycles. The minimum atomic E-state index is -0.223. The third-order valence-electron chi connectivity index (χ3n) is 4.32. The standard InChI is InChI=1S/C24H23NO3/c1-17-15-20(27-3)16-18(2)21(17)13-14-24(26)25-22-11-7-8-12-23(22)28-19-9-5-4-6-10-19/h4-16H,1-3H3,(H,25,26)/b14-13+. The maximum Gasteiger partial charge on any atom is 0.248 e. The first kappa shape index (κ1) is 19.2. The molecule has 0 spiro atoms. The van der Waals surface area contributed by atoms with E-state index in [4.69, 9.17) is 9.47 Å². The van der Waals surface area contributed by atoms with Gasteiger partial charge >= 0.3 is 0 Å². The molecule has 3 aromatic carbocycles. The number of amides is 1. The van der Waals surface area contributed by atoms with Crippen molar-refractivity contribution in [3.8, 4) is 17.2 Å². The van der Waals surface area contributed by atoms with Crippen molar-refractivity contribution in [3.63, 3.8) is 0 Å². The van der Waals surface area contributed by atoms with Gasteiger partial charge in [-0.25, -0.2) is 0 Å². The summed E-state index contributed by atoms with van der Waals surface area (Å²) in [7, 11) is 1.64. The highest BCUT2D eigenvalue weighted by Crippen LogP contribution is 2.29. The van der Waals surface area contributed by atoms with Gasteiger partial charge in [0.1, 0.15) is 11.5 Å². The van der Waals surface area contributed by atoms with E-state index in [-0.39, 0.29) is 5.91 Å². The molecular formula is C24H23NO3. The van der Waals surface area contributed by atoms with Gasteiger partial charge in [-0.15, -0.1) is 0 Å². The maximum absolute atomic E-state index is 12.5. The van der Waals surface area contributed by atoms with E-state index in [1.165, 1.54) is 6.08 Å². The SMILES string of the molecule is COc1cc(C)c(/C=C/C(=O)Nc2ccccc2Oc2ccccc2)c(C)c1. The number of anilines is 1. The molecule has 28 heavy (non-hydrogen) atoms. The van der Waals surface area contributed by atoms with Crippen LogP contribution in [0.15, 0.2) is 72.8 Å². The first-order valence-corrected chi connectivity index (χ1v) is 9.03. The van der Waals surface area contributed by atoms with Gasteiger partial charge in [0.2, 0.25) is 5.91 Å². The van der Waals surface area contributed by atoms with E-state index in [1.54, 1.807) is 7.11 Å². The van der Waals surface area contributed by atoms with Crippen molar-refractivity contribution in [1.82, 2.24) is 0 Å². The van der Waals surface area contributed by atoms with Gasteiger partial charge in [0.15, 0.2) is 5.75 Å². The smallest absolute Gasteiger partial charge is 0.248 e. The molecule has 0 aromatic heterocycles. The summed E-state index contributed by atoms with van der Waals surface area (Å²) in [6.07, 6.45) is 3.35. The van der Waals surface area contributed by atoms with Crippen molar-refractivity contribution in [2.24, 2.45) is 0 Å². The van der Waals surface area contributed by atoms with Crippen molar-refractivity contribution in [3.05, 3.63) is 89.5 Å². The third-order valence-corrected chi connectivity index (χ3v) is 4.32. The molecule has 1 amide bonds. The van der Waals surface area contributed by atoms with Crippen molar-refractivity contribution >= 4 is 17.7 Å². The van der Waals surface area contributed by atoms with Crippen molar-refractivity contribution in [1.29, 1.82) is 0 Å². The van der Waals surface area contributed by atoms with E-state index >= 15 is 0 Å². The summed E-state index contributed by atoms with van der Waals surface area (Å²) in [4.78, 5) is 12.5. The van der Waals surface area contributed by atoms with Crippen LogP contribution in [0.4, 0.5) is 5.69 Å². The molecule has 3 rings (SSSR count). The van der Waals surface area contributed by atoms with Crippen LogP contribution in [-0.4, -0.2) is 13.0 Å². The molecule has 0 atom stereocenters. The zero-order valence-electron chi connectivity index (χ0n) is 16.2. The lowest BCUT2D eigenvalue weighted by molar-refractivity contribution is -0.111. The Morgan fingerprint density at radius 1 is 0.893 bits per heavy atom. The zero-order valence-corrected chi connectivity index (χ0v) is 16.2. The molecule has 0 saturated heterocycles. The number of aryl methyl sites for hydroxylation is 2. The fourth-order valence-electron chi connectivity index (χ4n) is 2.92. The van der Waals surface area contributed by atoms with Crippen LogP contribution in [-0.2, 0) is 4.79 Å². The van der Waals surface area contributed by atoms with Gasteiger partial charge in [-0.3, -0.25) is 4.79 Å². The lowest BCUT2D eigenvalue weighted by Crippen LogP contribution is -2.08. The van der Waals surface area contributed by atoms with Gasteiger partial charge in [-0.05, 0) is 73.0 Å². The van der Waals surface area contributed by atoms with Crippen LogP contribution >= 0.6 is 0 Å². The summed E-state index contributed by atoms with van der Waals surface area (Å²) in [5, 5.41) is 2.89. The molecule has 0 radical (unpaired) electrons. The van der Waals surface area contributed by atoms with E-state index in [1.807, 2.05) is 86.7 Å². The predicted octanol–water partition coefficient (Wildman–Crippen LogP) is 5.76. The Hall–Kier alpha value is -3.53. The number of rotatable bonds is 6. The molecule has 0 aliphatic rings. The maximum atomic E-state index is 12.5. The summed E-state index contributed by atoms with van der Waals surface area (Å²) < 4.78 is 11.2. The highest BCUT2D eigenvalue weighted by Gasteiger charge is 2.08. The van der Waals surface area contributed by atoms with Crippen LogP contribution in [0.5, 0.6) is 17.2 Å². The van der Waals surface area contributed by atoms with Crippen LogP contribution in [0, 0.1) is 13.8 Å². The van der Waals surface area contributed by atoms with E-state index in [0.717, 1.165) is 22.4 Å². The summed E-state index contributed by atoms with van der Waals surface area (Å²) in [5.41, 5.74) is 3.72. The Bertz CT molecular complexity index is 971. The molecule has 0 saturated carbocycles. The van der Waals surface area contributed by atoms with Gasteiger partial charge < -0.3 is 14.8 Å².